The summed E-state index contributed by atoms with van der Waals surface area (Å²) in [6.45, 7) is 2.17. The Bertz CT molecular complexity index is 1060. The zero-order valence-electron chi connectivity index (χ0n) is 15.1. The summed E-state index contributed by atoms with van der Waals surface area (Å²) >= 11 is 3.70. The lowest BCUT2D eigenvalue weighted by atomic mass is 9.67. The van der Waals surface area contributed by atoms with Crippen molar-refractivity contribution in [1.29, 1.82) is 0 Å². The van der Waals surface area contributed by atoms with Crippen molar-refractivity contribution in [3.63, 3.8) is 0 Å². The predicted molar refractivity (Wildman–Crippen MR) is 116 cm³/mol. The summed E-state index contributed by atoms with van der Waals surface area (Å²) in [5.41, 5.74) is 8.96. The third kappa shape index (κ3) is 2.35. The highest BCUT2D eigenvalue weighted by molar-refractivity contribution is 9.10. The minimum atomic E-state index is -0.303. The molecule has 0 aromatic heterocycles. The molecule has 1 aliphatic carbocycles. The second kappa shape index (κ2) is 6.21. The molecule has 0 spiro atoms. The van der Waals surface area contributed by atoms with Crippen molar-refractivity contribution in [2.45, 2.75) is 12.3 Å². The first-order valence-corrected chi connectivity index (χ1v) is 10.0. The second-order valence-electron chi connectivity index (χ2n) is 7.22. The van der Waals surface area contributed by atoms with Gasteiger partial charge in [-0.15, -0.1) is 0 Å². The summed E-state index contributed by atoms with van der Waals surface area (Å²) in [5, 5.41) is 0. The van der Waals surface area contributed by atoms with Crippen molar-refractivity contribution < 1.29 is 0 Å². The van der Waals surface area contributed by atoms with Gasteiger partial charge in [-0.25, -0.2) is 0 Å². The number of aryl methyl sites for hydroxylation is 1. The van der Waals surface area contributed by atoms with Gasteiger partial charge in [0.2, 0.25) is 0 Å². The molecule has 130 valence electrons. The van der Waals surface area contributed by atoms with Crippen molar-refractivity contribution in [2.75, 3.05) is 0 Å². The molecule has 1 aliphatic rings. The first-order chi connectivity index (χ1) is 13.2. The molecule has 4 aromatic rings. The van der Waals surface area contributed by atoms with Crippen LogP contribution in [0.25, 0.3) is 11.1 Å². The van der Waals surface area contributed by atoms with Crippen molar-refractivity contribution in [2.24, 2.45) is 0 Å². The minimum absolute atomic E-state index is 0.303. The molecule has 0 saturated heterocycles. The number of hydrogen-bond acceptors (Lipinski definition) is 0. The molecule has 0 saturated carbocycles. The van der Waals surface area contributed by atoms with E-state index in [-0.39, 0.29) is 5.41 Å². The lowest BCUT2D eigenvalue weighted by molar-refractivity contribution is 0.766. The van der Waals surface area contributed by atoms with Gasteiger partial charge in [0.15, 0.2) is 0 Å². The highest BCUT2D eigenvalue weighted by Gasteiger charge is 2.45. The summed E-state index contributed by atoms with van der Waals surface area (Å²) in [6, 6.07) is 35.4. The fraction of sp³-hybridized carbons (Fsp3) is 0.0769. The van der Waals surface area contributed by atoms with Gasteiger partial charge in [-0.1, -0.05) is 106 Å². The molecule has 4 aromatic carbocycles. The van der Waals surface area contributed by atoms with Crippen molar-refractivity contribution >= 4 is 15.9 Å². The standard InChI is InChI=1S/C26H19Br/c1-18-8-6-9-19(16-18)26(20-10-7-11-21(27)17-20)24-14-4-2-12-22(24)23-13-3-5-15-25(23)26/h2-17H,1H3. The highest BCUT2D eigenvalue weighted by atomic mass is 79.9. The van der Waals surface area contributed by atoms with Crippen LogP contribution in [-0.4, -0.2) is 0 Å². The Morgan fingerprint density at radius 2 is 1.15 bits per heavy atom. The first-order valence-electron chi connectivity index (χ1n) is 9.24. The molecule has 0 bridgehead atoms. The van der Waals surface area contributed by atoms with E-state index < -0.39 is 0 Å². The predicted octanol–water partition coefficient (Wildman–Crippen LogP) is 7.12. The molecule has 1 heteroatoms. The molecule has 0 heterocycles. The summed E-state index contributed by atoms with van der Waals surface area (Å²) in [5.74, 6) is 0. The van der Waals surface area contributed by atoms with Crippen LogP contribution in [0.2, 0.25) is 0 Å². The van der Waals surface area contributed by atoms with Crippen molar-refractivity contribution in [3.8, 4) is 11.1 Å². The molecule has 0 aliphatic heterocycles. The van der Waals surface area contributed by atoms with Gasteiger partial charge in [0, 0.05) is 4.47 Å². The molecule has 0 fully saturated rings. The second-order valence-corrected chi connectivity index (χ2v) is 8.14. The fourth-order valence-electron chi connectivity index (χ4n) is 4.62. The molecule has 0 radical (unpaired) electrons. The summed E-state index contributed by atoms with van der Waals surface area (Å²) in [7, 11) is 0. The van der Waals surface area contributed by atoms with E-state index in [9.17, 15) is 0 Å². The van der Waals surface area contributed by atoms with Gasteiger partial charge in [-0.05, 0) is 52.4 Å². The van der Waals surface area contributed by atoms with E-state index in [0.717, 1.165) is 4.47 Å². The SMILES string of the molecule is Cc1cccc(C2(c3cccc(Br)c3)c3ccccc3-c3ccccc32)c1. The Kier molecular flexibility index (Phi) is 3.80. The maximum atomic E-state index is 3.70. The van der Waals surface area contributed by atoms with E-state index in [0.29, 0.717) is 0 Å². The Labute approximate surface area is 168 Å². The molecule has 0 unspecified atom stereocenters. The summed E-state index contributed by atoms with van der Waals surface area (Å²) < 4.78 is 1.11. The van der Waals surface area contributed by atoms with Crippen LogP contribution in [0.5, 0.6) is 0 Å². The molecule has 5 rings (SSSR count). The summed E-state index contributed by atoms with van der Waals surface area (Å²) in [4.78, 5) is 0. The van der Waals surface area contributed by atoms with E-state index in [4.69, 9.17) is 0 Å². The van der Waals surface area contributed by atoms with Gasteiger partial charge in [0.25, 0.3) is 0 Å². The molecule has 27 heavy (non-hydrogen) atoms. The van der Waals surface area contributed by atoms with E-state index in [2.05, 4.69) is 120 Å². The van der Waals surface area contributed by atoms with Crippen LogP contribution in [-0.2, 0) is 5.41 Å². The van der Waals surface area contributed by atoms with E-state index in [1.54, 1.807) is 0 Å². The third-order valence-corrected chi connectivity index (χ3v) is 6.15. The topological polar surface area (TPSA) is 0 Å². The smallest absolute Gasteiger partial charge is 0.0619 e. The van der Waals surface area contributed by atoms with E-state index >= 15 is 0 Å². The Morgan fingerprint density at radius 3 is 1.74 bits per heavy atom. The van der Waals surface area contributed by atoms with Crippen LogP contribution < -0.4 is 0 Å². The number of halogens is 1. The first kappa shape index (κ1) is 16.5. The van der Waals surface area contributed by atoms with Gasteiger partial charge in [-0.2, -0.15) is 0 Å². The molecule has 0 nitrogen and oxygen atoms in total. The lowest BCUT2D eigenvalue weighted by Gasteiger charge is -2.34. The van der Waals surface area contributed by atoms with E-state index in [1.807, 2.05) is 0 Å². The Balaban J connectivity index is 1.98. The van der Waals surface area contributed by atoms with Gasteiger partial charge >= 0.3 is 0 Å². The Hall–Kier alpha value is -2.64. The monoisotopic (exact) mass is 410 g/mol. The average molecular weight is 411 g/mol. The van der Waals surface area contributed by atoms with Crippen LogP contribution in [0.15, 0.2) is 102 Å². The molecule has 0 amide bonds. The minimum Gasteiger partial charge on any atom is -0.0619 e. The van der Waals surface area contributed by atoms with Crippen molar-refractivity contribution in [1.82, 2.24) is 0 Å². The molecule has 0 N–H and O–H groups in total. The average Bonchev–Trinajstić information content (AvgIpc) is 3.00. The fourth-order valence-corrected chi connectivity index (χ4v) is 5.02. The van der Waals surface area contributed by atoms with Crippen LogP contribution in [0.4, 0.5) is 0 Å². The number of rotatable bonds is 2. The summed E-state index contributed by atoms with van der Waals surface area (Å²) in [6.07, 6.45) is 0. The highest BCUT2D eigenvalue weighted by Crippen LogP contribution is 2.56. The van der Waals surface area contributed by atoms with Crippen LogP contribution in [0.1, 0.15) is 27.8 Å². The van der Waals surface area contributed by atoms with E-state index in [1.165, 1.54) is 38.9 Å². The van der Waals surface area contributed by atoms with Crippen LogP contribution in [0.3, 0.4) is 0 Å². The van der Waals surface area contributed by atoms with Gasteiger partial charge in [0.1, 0.15) is 0 Å². The zero-order chi connectivity index (χ0) is 18.4. The Morgan fingerprint density at radius 1 is 0.593 bits per heavy atom. The largest absolute Gasteiger partial charge is 0.0714 e. The van der Waals surface area contributed by atoms with Gasteiger partial charge in [0.05, 0.1) is 5.41 Å². The zero-order valence-corrected chi connectivity index (χ0v) is 16.7. The quantitative estimate of drug-likeness (QED) is 0.290. The normalized spacial score (nSPS) is 13.9. The number of fused-ring (bicyclic) bond motifs is 3. The lowest BCUT2D eigenvalue weighted by Crippen LogP contribution is -2.28. The van der Waals surface area contributed by atoms with Gasteiger partial charge in [-0.3, -0.25) is 0 Å². The maximum absolute atomic E-state index is 3.70. The van der Waals surface area contributed by atoms with Crippen LogP contribution >= 0.6 is 15.9 Å². The van der Waals surface area contributed by atoms with Crippen molar-refractivity contribution in [3.05, 3.63) is 129 Å². The third-order valence-electron chi connectivity index (χ3n) is 5.66. The maximum Gasteiger partial charge on any atom is 0.0714 e. The number of hydrogen-bond donors (Lipinski definition) is 0. The van der Waals surface area contributed by atoms with Crippen LogP contribution in [0, 0.1) is 6.92 Å². The molecular formula is C26H19Br. The number of benzene rings is 4. The molecular weight excluding hydrogens is 392 g/mol. The molecule has 0 atom stereocenters. The van der Waals surface area contributed by atoms with Gasteiger partial charge < -0.3 is 0 Å².